The first-order valence-corrected chi connectivity index (χ1v) is 9.19. The van der Waals surface area contributed by atoms with Crippen molar-refractivity contribution in [3.8, 4) is 11.3 Å². The third kappa shape index (κ3) is 3.76. The summed E-state index contributed by atoms with van der Waals surface area (Å²) in [6, 6.07) is 14.6. The van der Waals surface area contributed by atoms with E-state index in [0.29, 0.717) is 16.8 Å². The minimum absolute atomic E-state index is 0.00871. The summed E-state index contributed by atoms with van der Waals surface area (Å²) >= 11 is 0. The molecular weight excluding hydrogens is 393 g/mol. The van der Waals surface area contributed by atoms with Crippen molar-refractivity contribution in [2.45, 2.75) is 19.9 Å². The molecule has 1 amide bonds. The van der Waals surface area contributed by atoms with Gasteiger partial charge in [0.25, 0.3) is 12.3 Å². The summed E-state index contributed by atoms with van der Waals surface area (Å²) in [5.74, 6) is -1.03. The zero-order chi connectivity index (χ0) is 21.3. The summed E-state index contributed by atoms with van der Waals surface area (Å²) < 4.78 is 42.0. The van der Waals surface area contributed by atoms with Gasteiger partial charge in [-0.05, 0) is 19.1 Å². The minimum Gasteiger partial charge on any atom is -0.348 e. The highest BCUT2D eigenvalue weighted by molar-refractivity contribution is 5.99. The Kier molecular flexibility index (Phi) is 5.22. The van der Waals surface area contributed by atoms with Crippen molar-refractivity contribution in [2.24, 2.45) is 0 Å². The molecule has 0 saturated heterocycles. The maximum absolute atomic E-state index is 13.8. The number of benzene rings is 2. The van der Waals surface area contributed by atoms with Crippen molar-refractivity contribution < 1.29 is 18.0 Å². The number of amides is 1. The summed E-state index contributed by atoms with van der Waals surface area (Å²) in [5.41, 5.74) is 1.95. The summed E-state index contributed by atoms with van der Waals surface area (Å²) in [6.07, 6.45) is -1.63. The fraction of sp³-hybridized carbons (Fsp3) is 0.136. The van der Waals surface area contributed by atoms with E-state index in [9.17, 15) is 18.0 Å². The number of aromatic nitrogens is 3. The highest BCUT2D eigenvalue weighted by Crippen LogP contribution is 2.27. The number of hydrogen-bond acceptors (Lipinski definition) is 3. The van der Waals surface area contributed by atoms with Crippen LogP contribution < -0.4 is 5.32 Å². The largest absolute Gasteiger partial charge is 0.348 e. The van der Waals surface area contributed by atoms with E-state index in [1.54, 1.807) is 30.3 Å². The fourth-order valence-electron chi connectivity index (χ4n) is 3.09. The normalized spacial score (nSPS) is 11.2. The van der Waals surface area contributed by atoms with Crippen LogP contribution in [0.3, 0.4) is 0 Å². The van der Waals surface area contributed by atoms with Gasteiger partial charge >= 0.3 is 0 Å². The number of carbonyl (C=O) groups is 1. The lowest BCUT2D eigenvalue weighted by Gasteiger charge is -2.09. The summed E-state index contributed by atoms with van der Waals surface area (Å²) in [5, 5.41) is 6.51. The van der Waals surface area contributed by atoms with E-state index in [-0.39, 0.29) is 23.4 Å². The minimum atomic E-state index is -2.81. The lowest BCUT2D eigenvalue weighted by molar-refractivity contribution is 0.0952. The molecule has 0 radical (unpaired) electrons. The molecule has 0 atom stereocenters. The van der Waals surface area contributed by atoms with E-state index in [1.165, 1.54) is 18.3 Å². The van der Waals surface area contributed by atoms with Crippen LogP contribution in [0.25, 0.3) is 16.9 Å². The third-order valence-electron chi connectivity index (χ3n) is 4.71. The highest BCUT2D eigenvalue weighted by atomic mass is 19.3. The van der Waals surface area contributed by atoms with E-state index < -0.39 is 18.1 Å². The molecule has 5 nitrogen and oxygen atoms in total. The van der Waals surface area contributed by atoms with Crippen LogP contribution in [-0.2, 0) is 6.54 Å². The molecule has 0 spiro atoms. The molecular formula is C22H17F3N4O. The molecule has 4 rings (SSSR count). The molecule has 0 bridgehead atoms. The average Bonchev–Trinajstić information content (AvgIpc) is 3.16. The molecule has 0 aliphatic heterocycles. The SMILES string of the molecule is Cc1ccc(-c2cc(C(F)F)n3ncc(C(=O)NCc4ccccc4F)c3n2)cc1. The second-order valence-corrected chi connectivity index (χ2v) is 6.80. The molecule has 30 heavy (non-hydrogen) atoms. The number of nitrogens with zero attached hydrogens (tertiary/aromatic N) is 3. The fourth-order valence-corrected chi connectivity index (χ4v) is 3.09. The van der Waals surface area contributed by atoms with Gasteiger partial charge < -0.3 is 5.32 Å². The molecule has 2 heterocycles. The van der Waals surface area contributed by atoms with Crippen molar-refractivity contribution in [1.82, 2.24) is 19.9 Å². The molecule has 2 aromatic carbocycles. The van der Waals surface area contributed by atoms with Gasteiger partial charge in [0.1, 0.15) is 17.1 Å². The van der Waals surface area contributed by atoms with E-state index in [4.69, 9.17) is 0 Å². The highest BCUT2D eigenvalue weighted by Gasteiger charge is 2.21. The van der Waals surface area contributed by atoms with Crippen LogP contribution in [0.15, 0.2) is 60.8 Å². The Morgan fingerprint density at radius 3 is 2.57 bits per heavy atom. The van der Waals surface area contributed by atoms with Crippen molar-refractivity contribution >= 4 is 11.6 Å². The van der Waals surface area contributed by atoms with Gasteiger partial charge in [-0.2, -0.15) is 5.10 Å². The van der Waals surface area contributed by atoms with Crippen LogP contribution in [0.1, 0.15) is 33.6 Å². The van der Waals surface area contributed by atoms with E-state index >= 15 is 0 Å². The Morgan fingerprint density at radius 1 is 1.13 bits per heavy atom. The number of fused-ring (bicyclic) bond motifs is 1. The van der Waals surface area contributed by atoms with Gasteiger partial charge in [0.05, 0.1) is 11.9 Å². The lowest BCUT2D eigenvalue weighted by atomic mass is 10.1. The van der Waals surface area contributed by atoms with Crippen LogP contribution in [0.2, 0.25) is 0 Å². The number of hydrogen-bond donors (Lipinski definition) is 1. The van der Waals surface area contributed by atoms with Gasteiger partial charge in [0.15, 0.2) is 5.65 Å². The molecule has 0 unspecified atom stereocenters. The van der Waals surface area contributed by atoms with Gasteiger partial charge in [-0.3, -0.25) is 4.79 Å². The van der Waals surface area contributed by atoms with E-state index in [0.717, 1.165) is 10.1 Å². The molecule has 0 saturated carbocycles. The van der Waals surface area contributed by atoms with Crippen molar-refractivity contribution in [3.63, 3.8) is 0 Å². The maximum atomic E-state index is 13.8. The number of aryl methyl sites for hydroxylation is 1. The molecule has 0 aliphatic carbocycles. The molecule has 2 aromatic heterocycles. The van der Waals surface area contributed by atoms with Crippen LogP contribution in [0, 0.1) is 12.7 Å². The molecule has 4 aromatic rings. The first kappa shape index (κ1) is 19.6. The van der Waals surface area contributed by atoms with Gasteiger partial charge in [-0.25, -0.2) is 22.7 Å². The Labute approximate surface area is 170 Å². The quantitative estimate of drug-likeness (QED) is 0.518. The smallest absolute Gasteiger partial charge is 0.280 e. The lowest BCUT2D eigenvalue weighted by Crippen LogP contribution is -2.23. The van der Waals surface area contributed by atoms with Crippen molar-refractivity contribution in [3.05, 3.63) is 89.0 Å². The first-order chi connectivity index (χ1) is 14.4. The van der Waals surface area contributed by atoms with Gasteiger partial charge in [0.2, 0.25) is 0 Å². The van der Waals surface area contributed by atoms with E-state index in [1.807, 2.05) is 19.1 Å². The number of nitrogens with one attached hydrogen (secondary N) is 1. The predicted octanol–water partition coefficient (Wildman–Crippen LogP) is 4.71. The Hall–Kier alpha value is -3.68. The average molecular weight is 410 g/mol. The molecule has 152 valence electrons. The first-order valence-electron chi connectivity index (χ1n) is 9.19. The Balaban J connectivity index is 1.72. The van der Waals surface area contributed by atoms with E-state index in [2.05, 4.69) is 15.4 Å². The van der Waals surface area contributed by atoms with Gasteiger partial charge in [0, 0.05) is 17.7 Å². The Bertz CT molecular complexity index is 1220. The summed E-state index contributed by atoms with van der Waals surface area (Å²) in [4.78, 5) is 17.1. The van der Waals surface area contributed by atoms with Crippen LogP contribution in [-0.4, -0.2) is 20.5 Å². The summed E-state index contributed by atoms with van der Waals surface area (Å²) in [6.45, 7) is 1.86. The second-order valence-electron chi connectivity index (χ2n) is 6.80. The number of carbonyl (C=O) groups excluding carboxylic acids is 1. The van der Waals surface area contributed by atoms with Crippen LogP contribution >= 0.6 is 0 Å². The van der Waals surface area contributed by atoms with Crippen molar-refractivity contribution in [1.29, 1.82) is 0 Å². The topological polar surface area (TPSA) is 59.3 Å². The predicted molar refractivity (Wildman–Crippen MR) is 106 cm³/mol. The Morgan fingerprint density at radius 2 is 1.87 bits per heavy atom. The molecule has 8 heteroatoms. The number of alkyl halides is 2. The maximum Gasteiger partial charge on any atom is 0.280 e. The zero-order valence-electron chi connectivity index (χ0n) is 15.9. The van der Waals surface area contributed by atoms with Gasteiger partial charge in [-0.15, -0.1) is 0 Å². The summed E-state index contributed by atoms with van der Waals surface area (Å²) in [7, 11) is 0. The zero-order valence-corrected chi connectivity index (χ0v) is 15.9. The second kappa shape index (κ2) is 7.98. The number of halogens is 3. The molecule has 0 aliphatic rings. The third-order valence-corrected chi connectivity index (χ3v) is 4.71. The van der Waals surface area contributed by atoms with Gasteiger partial charge in [-0.1, -0.05) is 48.0 Å². The van der Waals surface area contributed by atoms with Crippen LogP contribution in [0.4, 0.5) is 13.2 Å². The monoisotopic (exact) mass is 410 g/mol. The number of rotatable bonds is 5. The standard InChI is InChI=1S/C22H17F3N4O/c1-13-6-8-14(9-7-13)18-10-19(20(24)25)29-21(28-18)16(12-27-29)22(30)26-11-15-4-2-3-5-17(15)23/h2-10,12,20H,11H2,1H3,(H,26,30). The molecule has 0 fully saturated rings. The molecule has 1 N–H and O–H groups in total. The van der Waals surface area contributed by atoms with Crippen molar-refractivity contribution in [2.75, 3.05) is 0 Å². The van der Waals surface area contributed by atoms with Crippen LogP contribution in [0.5, 0.6) is 0 Å².